The molecule has 1 aromatic heterocycles. The van der Waals surface area contributed by atoms with Crippen molar-refractivity contribution < 1.29 is 0 Å². The summed E-state index contributed by atoms with van der Waals surface area (Å²) in [6, 6.07) is 10.9. The van der Waals surface area contributed by atoms with E-state index in [0.29, 0.717) is 0 Å². The highest BCUT2D eigenvalue weighted by Crippen LogP contribution is 2.29. The summed E-state index contributed by atoms with van der Waals surface area (Å²) in [6.07, 6.45) is 1.07. The SMILES string of the molecule is Cc1cc(C)c2nc(-c3cccc4c3CCNC4)[nH]c2c1. The molecule has 3 nitrogen and oxygen atoms in total. The molecule has 0 radical (unpaired) electrons. The van der Waals surface area contributed by atoms with Crippen LogP contribution in [0.4, 0.5) is 0 Å². The molecule has 0 atom stereocenters. The Morgan fingerprint density at radius 1 is 1.14 bits per heavy atom. The van der Waals surface area contributed by atoms with E-state index in [-0.39, 0.29) is 0 Å². The normalized spacial score (nSPS) is 14.4. The van der Waals surface area contributed by atoms with Crippen molar-refractivity contribution in [1.29, 1.82) is 0 Å². The van der Waals surface area contributed by atoms with E-state index >= 15 is 0 Å². The van der Waals surface area contributed by atoms with Crippen LogP contribution in [0, 0.1) is 13.8 Å². The number of aromatic nitrogens is 2. The van der Waals surface area contributed by atoms with Crippen molar-refractivity contribution in [2.75, 3.05) is 6.54 Å². The summed E-state index contributed by atoms with van der Waals surface area (Å²) in [4.78, 5) is 8.37. The minimum Gasteiger partial charge on any atom is -0.338 e. The molecular weight excluding hydrogens is 258 g/mol. The lowest BCUT2D eigenvalue weighted by atomic mass is 9.95. The lowest BCUT2D eigenvalue weighted by Gasteiger charge is -2.19. The van der Waals surface area contributed by atoms with Crippen molar-refractivity contribution in [3.63, 3.8) is 0 Å². The molecule has 21 heavy (non-hydrogen) atoms. The van der Waals surface area contributed by atoms with Crippen LogP contribution >= 0.6 is 0 Å². The second kappa shape index (κ2) is 4.71. The maximum atomic E-state index is 4.86. The first-order chi connectivity index (χ1) is 10.2. The molecule has 0 spiro atoms. The molecule has 1 aliphatic rings. The number of imidazole rings is 1. The average Bonchev–Trinajstić information content (AvgIpc) is 2.90. The molecule has 0 saturated carbocycles. The molecule has 2 heterocycles. The fourth-order valence-electron chi connectivity index (χ4n) is 3.35. The predicted molar refractivity (Wildman–Crippen MR) is 86.4 cm³/mol. The van der Waals surface area contributed by atoms with Gasteiger partial charge < -0.3 is 10.3 Å². The summed E-state index contributed by atoms with van der Waals surface area (Å²) in [5.41, 5.74) is 8.81. The zero-order valence-electron chi connectivity index (χ0n) is 12.5. The summed E-state index contributed by atoms with van der Waals surface area (Å²) in [6.45, 7) is 6.26. The van der Waals surface area contributed by atoms with Gasteiger partial charge in [0.25, 0.3) is 0 Å². The second-order valence-electron chi connectivity index (χ2n) is 5.93. The molecule has 2 aromatic carbocycles. The summed E-state index contributed by atoms with van der Waals surface area (Å²) in [5, 5.41) is 3.43. The van der Waals surface area contributed by atoms with E-state index in [4.69, 9.17) is 4.98 Å². The van der Waals surface area contributed by atoms with Gasteiger partial charge in [0.1, 0.15) is 5.82 Å². The Morgan fingerprint density at radius 2 is 2.05 bits per heavy atom. The number of fused-ring (bicyclic) bond motifs is 2. The molecular formula is C18H19N3. The number of aromatic amines is 1. The Bertz CT molecular complexity index is 830. The van der Waals surface area contributed by atoms with Crippen molar-refractivity contribution >= 4 is 11.0 Å². The van der Waals surface area contributed by atoms with Gasteiger partial charge in [-0.2, -0.15) is 0 Å². The van der Waals surface area contributed by atoms with Gasteiger partial charge in [0.15, 0.2) is 0 Å². The van der Waals surface area contributed by atoms with Crippen molar-refractivity contribution in [2.45, 2.75) is 26.8 Å². The van der Waals surface area contributed by atoms with Crippen LogP contribution in [0.15, 0.2) is 30.3 Å². The van der Waals surface area contributed by atoms with Crippen LogP contribution in [0.1, 0.15) is 22.3 Å². The van der Waals surface area contributed by atoms with E-state index in [1.807, 2.05) is 0 Å². The third-order valence-corrected chi connectivity index (χ3v) is 4.32. The summed E-state index contributed by atoms with van der Waals surface area (Å²) in [5.74, 6) is 0.998. The minimum absolute atomic E-state index is 0.960. The number of nitrogens with one attached hydrogen (secondary N) is 2. The number of nitrogens with zero attached hydrogens (tertiary/aromatic N) is 1. The molecule has 2 N–H and O–H groups in total. The molecule has 0 amide bonds. The first kappa shape index (κ1) is 12.6. The van der Waals surface area contributed by atoms with Crippen LogP contribution in [0.2, 0.25) is 0 Å². The van der Waals surface area contributed by atoms with E-state index in [1.165, 1.54) is 27.8 Å². The van der Waals surface area contributed by atoms with Crippen molar-refractivity contribution in [1.82, 2.24) is 15.3 Å². The van der Waals surface area contributed by atoms with Gasteiger partial charge in [0.2, 0.25) is 0 Å². The van der Waals surface area contributed by atoms with Crippen LogP contribution in [0.3, 0.4) is 0 Å². The number of H-pyrrole nitrogens is 1. The van der Waals surface area contributed by atoms with Gasteiger partial charge in [-0.15, -0.1) is 0 Å². The Balaban J connectivity index is 1.93. The largest absolute Gasteiger partial charge is 0.338 e. The quantitative estimate of drug-likeness (QED) is 0.715. The fourth-order valence-corrected chi connectivity index (χ4v) is 3.35. The smallest absolute Gasteiger partial charge is 0.138 e. The van der Waals surface area contributed by atoms with Crippen molar-refractivity contribution in [2.24, 2.45) is 0 Å². The van der Waals surface area contributed by atoms with Gasteiger partial charge in [-0.05, 0) is 55.1 Å². The Labute approximate surface area is 124 Å². The first-order valence-electron chi connectivity index (χ1n) is 7.51. The Kier molecular flexibility index (Phi) is 2.82. The Hall–Kier alpha value is -2.13. The lowest BCUT2D eigenvalue weighted by molar-refractivity contribution is 0.644. The minimum atomic E-state index is 0.960. The fraction of sp³-hybridized carbons (Fsp3) is 0.278. The number of aryl methyl sites for hydroxylation is 2. The van der Waals surface area contributed by atoms with Crippen LogP contribution in [-0.4, -0.2) is 16.5 Å². The van der Waals surface area contributed by atoms with Crippen LogP contribution < -0.4 is 5.32 Å². The van der Waals surface area contributed by atoms with Crippen molar-refractivity contribution in [3.05, 3.63) is 52.6 Å². The Morgan fingerprint density at radius 3 is 2.95 bits per heavy atom. The highest BCUT2D eigenvalue weighted by atomic mass is 14.9. The van der Waals surface area contributed by atoms with E-state index in [9.17, 15) is 0 Å². The molecule has 0 unspecified atom stereocenters. The topological polar surface area (TPSA) is 40.7 Å². The summed E-state index contributed by atoms with van der Waals surface area (Å²) in [7, 11) is 0. The van der Waals surface area contributed by atoms with E-state index in [0.717, 1.165) is 36.4 Å². The highest BCUT2D eigenvalue weighted by molar-refractivity contribution is 5.83. The van der Waals surface area contributed by atoms with Gasteiger partial charge >= 0.3 is 0 Å². The summed E-state index contributed by atoms with van der Waals surface area (Å²) >= 11 is 0. The maximum Gasteiger partial charge on any atom is 0.138 e. The number of hydrogen-bond acceptors (Lipinski definition) is 2. The molecule has 3 aromatic rings. The maximum absolute atomic E-state index is 4.86. The zero-order valence-corrected chi connectivity index (χ0v) is 12.5. The molecule has 0 bridgehead atoms. The monoisotopic (exact) mass is 277 g/mol. The van der Waals surface area contributed by atoms with Gasteiger partial charge in [0, 0.05) is 12.1 Å². The molecule has 106 valence electrons. The molecule has 4 rings (SSSR count). The van der Waals surface area contributed by atoms with Crippen LogP contribution in [-0.2, 0) is 13.0 Å². The van der Waals surface area contributed by atoms with Gasteiger partial charge in [-0.3, -0.25) is 0 Å². The van der Waals surface area contributed by atoms with Crippen molar-refractivity contribution in [3.8, 4) is 11.4 Å². The van der Waals surface area contributed by atoms with Gasteiger partial charge in [-0.25, -0.2) is 4.98 Å². The van der Waals surface area contributed by atoms with Crippen LogP contribution in [0.5, 0.6) is 0 Å². The molecule has 3 heteroatoms. The molecule has 0 aliphatic carbocycles. The molecule has 0 fully saturated rings. The van der Waals surface area contributed by atoms with E-state index in [1.54, 1.807) is 0 Å². The third-order valence-electron chi connectivity index (χ3n) is 4.32. The summed E-state index contributed by atoms with van der Waals surface area (Å²) < 4.78 is 0. The van der Waals surface area contributed by atoms with E-state index in [2.05, 4.69) is 54.5 Å². The third kappa shape index (κ3) is 2.05. The standard InChI is InChI=1S/C18H19N3/c1-11-8-12(2)17-16(9-11)20-18(21-17)15-5-3-4-13-10-19-7-6-14(13)15/h3-5,8-9,19H,6-7,10H2,1-2H3,(H,20,21). The second-order valence-corrected chi connectivity index (χ2v) is 5.93. The number of hydrogen-bond donors (Lipinski definition) is 2. The number of benzene rings is 2. The highest BCUT2D eigenvalue weighted by Gasteiger charge is 2.16. The predicted octanol–water partition coefficient (Wildman–Crippen LogP) is 3.49. The van der Waals surface area contributed by atoms with Gasteiger partial charge in [-0.1, -0.05) is 24.3 Å². The molecule has 1 aliphatic heterocycles. The zero-order chi connectivity index (χ0) is 14.4. The van der Waals surface area contributed by atoms with Gasteiger partial charge in [0.05, 0.1) is 11.0 Å². The first-order valence-corrected chi connectivity index (χ1v) is 7.51. The van der Waals surface area contributed by atoms with Crippen LogP contribution in [0.25, 0.3) is 22.4 Å². The average molecular weight is 277 g/mol. The van der Waals surface area contributed by atoms with E-state index < -0.39 is 0 Å². The molecule has 0 saturated heterocycles. The lowest BCUT2D eigenvalue weighted by Crippen LogP contribution is -2.24. The number of rotatable bonds is 1.